The lowest BCUT2D eigenvalue weighted by molar-refractivity contribution is -0.137. The molecular formula is C17H17F3N2O. The molecule has 2 aromatic carbocycles. The molecule has 23 heavy (non-hydrogen) atoms. The van der Waals surface area contributed by atoms with Crippen molar-refractivity contribution in [2.24, 2.45) is 0 Å². The van der Waals surface area contributed by atoms with Gasteiger partial charge in [0, 0.05) is 25.2 Å². The number of alkyl halides is 3. The van der Waals surface area contributed by atoms with Crippen molar-refractivity contribution in [1.82, 2.24) is 5.32 Å². The maximum Gasteiger partial charge on any atom is 0.416 e. The number of hydrogen-bond donors (Lipinski definition) is 2. The van der Waals surface area contributed by atoms with Crippen LogP contribution in [0, 0.1) is 0 Å². The number of carbonyl (C=O) groups excluding carboxylic acids is 1. The van der Waals surface area contributed by atoms with Gasteiger partial charge >= 0.3 is 6.18 Å². The van der Waals surface area contributed by atoms with Crippen LogP contribution in [0.5, 0.6) is 0 Å². The Balaban J connectivity index is 1.72. The molecule has 0 saturated carbocycles. The summed E-state index contributed by atoms with van der Waals surface area (Å²) < 4.78 is 37.3. The van der Waals surface area contributed by atoms with E-state index in [2.05, 4.69) is 10.6 Å². The minimum absolute atomic E-state index is 0.244. The molecule has 0 atom stereocenters. The Morgan fingerprint density at radius 3 is 2.22 bits per heavy atom. The van der Waals surface area contributed by atoms with Gasteiger partial charge in [0.25, 0.3) is 0 Å². The summed E-state index contributed by atoms with van der Waals surface area (Å²) in [6.07, 6.45) is -4.13. The van der Waals surface area contributed by atoms with E-state index < -0.39 is 11.7 Å². The number of halogens is 3. The van der Waals surface area contributed by atoms with E-state index in [1.165, 1.54) is 12.1 Å². The lowest BCUT2D eigenvalue weighted by Crippen LogP contribution is -2.21. The molecule has 3 nitrogen and oxygen atoms in total. The zero-order valence-electron chi connectivity index (χ0n) is 12.4. The maximum absolute atomic E-state index is 12.4. The molecule has 0 fully saturated rings. The van der Waals surface area contributed by atoms with Gasteiger partial charge in [0.05, 0.1) is 5.56 Å². The van der Waals surface area contributed by atoms with Gasteiger partial charge in [-0.25, -0.2) is 0 Å². The Hall–Kier alpha value is -2.34. The highest BCUT2D eigenvalue weighted by atomic mass is 19.4. The number of benzene rings is 2. The second-order valence-corrected chi connectivity index (χ2v) is 5.04. The van der Waals surface area contributed by atoms with Gasteiger partial charge in [-0.1, -0.05) is 30.3 Å². The van der Waals surface area contributed by atoms with Crippen LogP contribution in [0.2, 0.25) is 0 Å². The summed E-state index contributed by atoms with van der Waals surface area (Å²) in [6, 6.07) is 14.2. The number of rotatable bonds is 6. The van der Waals surface area contributed by atoms with Crippen molar-refractivity contribution in [2.45, 2.75) is 19.1 Å². The third kappa shape index (κ3) is 5.75. The number of hydrogen-bond acceptors (Lipinski definition) is 2. The van der Waals surface area contributed by atoms with Crippen molar-refractivity contribution in [3.63, 3.8) is 0 Å². The van der Waals surface area contributed by atoms with Crippen molar-refractivity contribution >= 4 is 11.6 Å². The number of amides is 1. The van der Waals surface area contributed by atoms with Gasteiger partial charge in [-0.15, -0.1) is 0 Å². The highest BCUT2D eigenvalue weighted by molar-refractivity contribution is 5.90. The third-order valence-corrected chi connectivity index (χ3v) is 3.20. The molecule has 0 aliphatic heterocycles. The van der Waals surface area contributed by atoms with Gasteiger partial charge in [-0.2, -0.15) is 13.2 Å². The Kier molecular flexibility index (Phi) is 5.76. The van der Waals surface area contributed by atoms with E-state index in [1.807, 2.05) is 30.3 Å². The SMILES string of the molecule is O=C(CCNCc1ccccc1)Nc1ccc(C(F)(F)F)cc1. The molecule has 0 saturated heterocycles. The first kappa shape index (κ1) is 17.0. The fourth-order valence-corrected chi connectivity index (χ4v) is 2.00. The van der Waals surface area contributed by atoms with Crippen LogP contribution in [0.1, 0.15) is 17.5 Å². The smallest absolute Gasteiger partial charge is 0.326 e. The first-order valence-corrected chi connectivity index (χ1v) is 7.17. The van der Waals surface area contributed by atoms with E-state index in [9.17, 15) is 18.0 Å². The van der Waals surface area contributed by atoms with E-state index in [1.54, 1.807) is 0 Å². The van der Waals surface area contributed by atoms with Crippen molar-refractivity contribution in [2.75, 3.05) is 11.9 Å². The minimum atomic E-state index is -4.37. The molecule has 0 aliphatic rings. The van der Waals surface area contributed by atoms with Crippen LogP contribution < -0.4 is 10.6 Å². The van der Waals surface area contributed by atoms with Crippen LogP contribution in [0.4, 0.5) is 18.9 Å². The van der Waals surface area contributed by atoms with Gasteiger partial charge in [0.1, 0.15) is 0 Å². The fourth-order valence-electron chi connectivity index (χ4n) is 2.00. The van der Waals surface area contributed by atoms with Crippen LogP contribution >= 0.6 is 0 Å². The summed E-state index contributed by atoms with van der Waals surface area (Å²) in [5.74, 6) is -0.245. The summed E-state index contributed by atoms with van der Waals surface area (Å²) in [4.78, 5) is 11.7. The lowest BCUT2D eigenvalue weighted by atomic mass is 10.2. The molecule has 0 radical (unpaired) electrons. The predicted octanol–water partition coefficient (Wildman–Crippen LogP) is 3.82. The molecule has 2 aromatic rings. The molecular weight excluding hydrogens is 305 g/mol. The average molecular weight is 322 g/mol. The van der Waals surface area contributed by atoms with Crippen LogP contribution in [0.3, 0.4) is 0 Å². The van der Waals surface area contributed by atoms with E-state index in [0.717, 1.165) is 17.7 Å². The average Bonchev–Trinajstić information content (AvgIpc) is 2.52. The first-order valence-electron chi connectivity index (χ1n) is 7.17. The number of carbonyl (C=O) groups is 1. The van der Waals surface area contributed by atoms with Gasteiger partial charge in [-0.3, -0.25) is 4.79 Å². The standard InChI is InChI=1S/C17H17F3N2O/c18-17(19,20)14-6-8-15(9-7-14)22-16(23)10-11-21-12-13-4-2-1-3-5-13/h1-9,21H,10-12H2,(H,22,23). The van der Waals surface area contributed by atoms with Crippen LogP contribution in [-0.2, 0) is 17.5 Å². The van der Waals surface area contributed by atoms with Crippen molar-refractivity contribution in [3.8, 4) is 0 Å². The van der Waals surface area contributed by atoms with Crippen molar-refractivity contribution < 1.29 is 18.0 Å². The topological polar surface area (TPSA) is 41.1 Å². The summed E-state index contributed by atoms with van der Waals surface area (Å²) in [5.41, 5.74) is 0.738. The molecule has 0 spiro atoms. The minimum Gasteiger partial charge on any atom is -0.326 e. The Labute approximate surface area is 132 Å². The molecule has 0 heterocycles. The van der Waals surface area contributed by atoms with E-state index in [4.69, 9.17) is 0 Å². The van der Waals surface area contributed by atoms with Gasteiger partial charge in [0.2, 0.25) is 5.91 Å². The van der Waals surface area contributed by atoms with Gasteiger partial charge in [0.15, 0.2) is 0 Å². The molecule has 0 aliphatic carbocycles. The molecule has 6 heteroatoms. The molecule has 2 N–H and O–H groups in total. The van der Waals surface area contributed by atoms with Crippen molar-refractivity contribution in [1.29, 1.82) is 0 Å². The van der Waals surface area contributed by atoms with Crippen molar-refractivity contribution in [3.05, 3.63) is 65.7 Å². The number of nitrogens with one attached hydrogen (secondary N) is 2. The summed E-state index contributed by atoms with van der Waals surface area (Å²) in [6.45, 7) is 1.15. The summed E-state index contributed by atoms with van der Waals surface area (Å²) >= 11 is 0. The Morgan fingerprint density at radius 1 is 0.957 bits per heavy atom. The summed E-state index contributed by atoms with van der Waals surface area (Å²) in [5, 5.41) is 5.71. The highest BCUT2D eigenvalue weighted by Gasteiger charge is 2.29. The monoisotopic (exact) mass is 322 g/mol. The Bertz CT molecular complexity index is 625. The van der Waals surface area contributed by atoms with E-state index in [-0.39, 0.29) is 12.3 Å². The molecule has 122 valence electrons. The molecule has 2 rings (SSSR count). The second kappa shape index (κ2) is 7.78. The van der Waals surface area contributed by atoms with Gasteiger partial charge in [-0.05, 0) is 29.8 Å². The Morgan fingerprint density at radius 2 is 1.61 bits per heavy atom. The zero-order chi connectivity index (χ0) is 16.7. The maximum atomic E-state index is 12.4. The quantitative estimate of drug-likeness (QED) is 0.794. The van der Waals surface area contributed by atoms with Gasteiger partial charge < -0.3 is 10.6 Å². The van der Waals surface area contributed by atoms with Crippen LogP contribution in [0.15, 0.2) is 54.6 Å². The highest BCUT2D eigenvalue weighted by Crippen LogP contribution is 2.29. The van der Waals surface area contributed by atoms with E-state index >= 15 is 0 Å². The molecule has 0 unspecified atom stereocenters. The second-order valence-electron chi connectivity index (χ2n) is 5.04. The van der Waals surface area contributed by atoms with Crippen LogP contribution in [0.25, 0.3) is 0 Å². The normalized spacial score (nSPS) is 11.3. The molecule has 0 bridgehead atoms. The van der Waals surface area contributed by atoms with E-state index in [0.29, 0.717) is 18.8 Å². The molecule has 1 amide bonds. The predicted molar refractivity (Wildman–Crippen MR) is 82.8 cm³/mol. The van der Waals surface area contributed by atoms with Crippen LogP contribution in [-0.4, -0.2) is 12.5 Å². The fraction of sp³-hybridized carbons (Fsp3) is 0.235. The zero-order valence-corrected chi connectivity index (χ0v) is 12.4. The largest absolute Gasteiger partial charge is 0.416 e. The number of anilines is 1. The lowest BCUT2D eigenvalue weighted by Gasteiger charge is -2.09. The summed E-state index contributed by atoms with van der Waals surface area (Å²) in [7, 11) is 0. The third-order valence-electron chi connectivity index (χ3n) is 3.20. The molecule has 0 aromatic heterocycles. The first-order chi connectivity index (χ1) is 10.9.